The maximum Gasteiger partial charge on any atom is 0.224 e. The lowest BCUT2D eigenvalue weighted by Gasteiger charge is -2.27. The van der Waals surface area contributed by atoms with Gasteiger partial charge in [-0.1, -0.05) is 48.9 Å². The molecule has 3 heteroatoms. The van der Waals surface area contributed by atoms with Crippen molar-refractivity contribution < 1.29 is 4.79 Å². The summed E-state index contributed by atoms with van der Waals surface area (Å²) in [5, 5.41) is 3.23. The van der Waals surface area contributed by atoms with Gasteiger partial charge in [0.25, 0.3) is 0 Å². The molecule has 3 nitrogen and oxygen atoms in total. The number of amides is 1. The fraction of sp³-hybridized carbons (Fsp3) is 0.409. The number of carbonyl (C=O) groups is 1. The summed E-state index contributed by atoms with van der Waals surface area (Å²) in [4.78, 5) is 14.7. The fourth-order valence-electron chi connectivity index (χ4n) is 4.83. The summed E-state index contributed by atoms with van der Waals surface area (Å²) >= 11 is 0. The van der Waals surface area contributed by atoms with Crippen molar-refractivity contribution >= 4 is 5.91 Å². The van der Waals surface area contributed by atoms with Crippen LogP contribution < -0.4 is 5.32 Å². The maximum atomic E-state index is 12.2. The molecule has 2 fully saturated rings. The first-order valence-corrected chi connectivity index (χ1v) is 9.49. The lowest BCUT2D eigenvalue weighted by Crippen LogP contribution is -2.38. The van der Waals surface area contributed by atoms with Gasteiger partial charge in [0.05, 0.1) is 5.92 Å². The summed E-state index contributed by atoms with van der Waals surface area (Å²) in [6.45, 7) is 2.84. The molecular formula is C22H24N2O. The van der Waals surface area contributed by atoms with Crippen LogP contribution in [-0.2, 0) is 17.8 Å². The van der Waals surface area contributed by atoms with Gasteiger partial charge in [-0.2, -0.15) is 0 Å². The van der Waals surface area contributed by atoms with Gasteiger partial charge in [-0.15, -0.1) is 0 Å². The average molecular weight is 332 g/mol. The number of nitrogens with one attached hydrogen (secondary N) is 1. The molecule has 2 heterocycles. The minimum atomic E-state index is 0.172. The van der Waals surface area contributed by atoms with E-state index < -0.39 is 0 Å². The SMILES string of the molecule is O=C1NC2CCCC1CN(Cc1ccc3c(c1)Cc1ccccc1-3)C2. The molecule has 25 heavy (non-hydrogen) atoms. The Hall–Kier alpha value is -2.13. The molecule has 2 aliphatic heterocycles. The summed E-state index contributed by atoms with van der Waals surface area (Å²) in [5.41, 5.74) is 7.04. The Balaban J connectivity index is 1.37. The zero-order chi connectivity index (χ0) is 16.8. The molecule has 0 radical (unpaired) electrons. The third-order valence-corrected chi connectivity index (χ3v) is 6.04. The average Bonchev–Trinajstić information content (AvgIpc) is 2.77. The zero-order valence-corrected chi connectivity index (χ0v) is 14.5. The Kier molecular flexibility index (Phi) is 3.63. The van der Waals surface area contributed by atoms with Gasteiger partial charge in [0.15, 0.2) is 0 Å². The third kappa shape index (κ3) is 2.77. The van der Waals surface area contributed by atoms with Crippen molar-refractivity contribution in [3.63, 3.8) is 0 Å². The third-order valence-electron chi connectivity index (χ3n) is 6.04. The summed E-state index contributed by atoms with van der Waals surface area (Å²) in [6.07, 6.45) is 4.39. The summed E-state index contributed by atoms with van der Waals surface area (Å²) in [7, 11) is 0. The van der Waals surface area contributed by atoms with Crippen LogP contribution in [0.3, 0.4) is 0 Å². The fourth-order valence-corrected chi connectivity index (χ4v) is 4.83. The second kappa shape index (κ2) is 5.99. The zero-order valence-electron chi connectivity index (χ0n) is 14.5. The Labute approximate surface area is 149 Å². The van der Waals surface area contributed by atoms with Gasteiger partial charge in [0, 0.05) is 25.7 Å². The molecule has 1 N–H and O–H groups in total. The molecule has 3 aliphatic rings. The van der Waals surface area contributed by atoms with E-state index in [1.54, 1.807) is 0 Å². The Morgan fingerprint density at radius 3 is 2.84 bits per heavy atom. The summed E-state index contributed by atoms with van der Waals surface area (Å²) < 4.78 is 0. The molecule has 5 rings (SSSR count). The summed E-state index contributed by atoms with van der Waals surface area (Å²) in [6, 6.07) is 16.0. The number of nitrogens with zero attached hydrogens (tertiary/aromatic N) is 1. The van der Waals surface area contributed by atoms with Crippen molar-refractivity contribution in [3.8, 4) is 11.1 Å². The highest BCUT2D eigenvalue weighted by Crippen LogP contribution is 2.37. The van der Waals surface area contributed by atoms with Gasteiger partial charge in [-0.3, -0.25) is 9.69 Å². The van der Waals surface area contributed by atoms with Crippen molar-refractivity contribution in [3.05, 3.63) is 59.2 Å². The molecule has 128 valence electrons. The molecule has 1 aliphatic carbocycles. The van der Waals surface area contributed by atoms with Gasteiger partial charge in [0.2, 0.25) is 5.91 Å². The second-order valence-electron chi connectivity index (χ2n) is 7.85. The number of hydrogen-bond donors (Lipinski definition) is 1. The van der Waals surface area contributed by atoms with Gasteiger partial charge in [0.1, 0.15) is 0 Å². The molecule has 0 spiro atoms. The highest BCUT2D eigenvalue weighted by atomic mass is 16.2. The lowest BCUT2D eigenvalue weighted by atomic mass is 9.98. The molecule has 1 amide bonds. The summed E-state index contributed by atoms with van der Waals surface area (Å²) in [5.74, 6) is 0.445. The number of carbonyl (C=O) groups excluding carboxylic acids is 1. The number of benzene rings is 2. The topological polar surface area (TPSA) is 32.3 Å². The van der Waals surface area contributed by atoms with Crippen LogP contribution >= 0.6 is 0 Å². The first-order chi connectivity index (χ1) is 12.3. The van der Waals surface area contributed by atoms with E-state index in [-0.39, 0.29) is 11.8 Å². The number of fused-ring (bicyclic) bond motifs is 6. The molecule has 2 aromatic rings. The Morgan fingerprint density at radius 1 is 1.00 bits per heavy atom. The monoisotopic (exact) mass is 332 g/mol. The number of rotatable bonds is 2. The van der Waals surface area contributed by atoms with Gasteiger partial charge >= 0.3 is 0 Å². The van der Waals surface area contributed by atoms with Crippen LogP contribution in [0.1, 0.15) is 36.0 Å². The van der Waals surface area contributed by atoms with E-state index in [4.69, 9.17) is 0 Å². The molecule has 2 aromatic carbocycles. The van der Waals surface area contributed by atoms with E-state index >= 15 is 0 Å². The van der Waals surface area contributed by atoms with Crippen LogP contribution in [-0.4, -0.2) is 29.9 Å². The van der Waals surface area contributed by atoms with Crippen molar-refractivity contribution in [2.45, 2.75) is 38.3 Å². The minimum Gasteiger partial charge on any atom is -0.352 e. The number of hydrogen-bond acceptors (Lipinski definition) is 2. The van der Waals surface area contributed by atoms with Crippen LogP contribution in [0.2, 0.25) is 0 Å². The van der Waals surface area contributed by atoms with Crippen LogP contribution in [0.5, 0.6) is 0 Å². The highest BCUT2D eigenvalue weighted by molar-refractivity contribution is 5.80. The van der Waals surface area contributed by atoms with Crippen molar-refractivity contribution in [2.75, 3.05) is 13.1 Å². The van der Waals surface area contributed by atoms with Crippen LogP contribution in [0.15, 0.2) is 42.5 Å². The van der Waals surface area contributed by atoms with E-state index in [2.05, 4.69) is 52.7 Å². The minimum absolute atomic E-state index is 0.172. The van der Waals surface area contributed by atoms with E-state index in [0.29, 0.717) is 6.04 Å². The molecule has 2 unspecified atom stereocenters. The van der Waals surface area contributed by atoms with Crippen LogP contribution in [0, 0.1) is 5.92 Å². The molecule has 2 atom stereocenters. The molecule has 0 saturated carbocycles. The quantitative estimate of drug-likeness (QED) is 0.780. The second-order valence-corrected chi connectivity index (χ2v) is 7.85. The Morgan fingerprint density at radius 2 is 1.88 bits per heavy atom. The molecule has 0 aromatic heterocycles. The van der Waals surface area contributed by atoms with E-state index in [9.17, 15) is 4.79 Å². The predicted octanol–water partition coefficient (Wildman–Crippen LogP) is 3.36. The largest absolute Gasteiger partial charge is 0.352 e. The van der Waals surface area contributed by atoms with Crippen LogP contribution in [0.25, 0.3) is 11.1 Å². The first kappa shape index (κ1) is 15.2. The van der Waals surface area contributed by atoms with E-state index in [1.807, 2.05) is 0 Å². The normalized spacial score (nSPS) is 25.0. The van der Waals surface area contributed by atoms with Gasteiger partial charge in [-0.05, 0) is 47.1 Å². The van der Waals surface area contributed by atoms with Crippen molar-refractivity contribution in [2.24, 2.45) is 5.92 Å². The maximum absolute atomic E-state index is 12.2. The van der Waals surface area contributed by atoms with Crippen LogP contribution in [0.4, 0.5) is 0 Å². The lowest BCUT2D eigenvalue weighted by molar-refractivity contribution is -0.124. The van der Waals surface area contributed by atoms with Gasteiger partial charge < -0.3 is 5.32 Å². The Bertz CT molecular complexity index is 829. The standard InChI is InChI=1S/C22H24N2O/c25-22-17-5-3-6-19(23-22)14-24(13-17)12-15-8-9-21-18(10-15)11-16-4-1-2-7-20(16)21/h1-2,4,7-10,17,19H,3,5-6,11-14H2,(H,23,25). The van der Waals surface area contributed by atoms with Crippen molar-refractivity contribution in [1.29, 1.82) is 0 Å². The molecule has 2 bridgehead atoms. The first-order valence-electron chi connectivity index (χ1n) is 9.49. The number of likely N-dealkylation sites (tertiary alicyclic amines) is 1. The predicted molar refractivity (Wildman–Crippen MR) is 99.2 cm³/mol. The molecule has 2 saturated heterocycles. The highest BCUT2D eigenvalue weighted by Gasteiger charge is 2.32. The van der Waals surface area contributed by atoms with Crippen molar-refractivity contribution in [1.82, 2.24) is 10.2 Å². The molecular weight excluding hydrogens is 308 g/mol. The van der Waals surface area contributed by atoms with E-state index in [1.165, 1.54) is 34.2 Å². The van der Waals surface area contributed by atoms with E-state index in [0.717, 1.165) is 38.9 Å². The van der Waals surface area contributed by atoms with Gasteiger partial charge in [-0.25, -0.2) is 0 Å². The smallest absolute Gasteiger partial charge is 0.224 e.